The Kier molecular flexibility index (Phi) is 5.58. The highest BCUT2D eigenvalue weighted by Crippen LogP contribution is 2.45. The molecule has 6 rings (SSSR count). The number of alkyl halides is 3. The van der Waals surface area contributed by atoms with Crippen LogP contribution in [0.5, 0.6) is 0 Å². The van der Waals surface area contributed by atoms with E-state index in [-0.39, 0.29) is 10.3 Å². The number of thiophene rings is 1. The molecule has 0 amide bonds. The number of nitrogens with zero attached hydrogens (tertiary/aromatic N) is 5. The second kappa shape index (κ2) is 8.56. The van der Waals surface area contributed by atoms with Gasteiger partial charge in [0, 0.05) is 36.3 Å². The zero-order valence-corrected chi connectivity index (χ0v) is 20.8. The molecule has 0 radical (unpaired) electrons. The molecule has 1 aromatic carbocycles. The lowest BCUT2D eigenvalue weighted by Crippen LogP contribution is -2.60. The van der Waals surface area contributed by atoms with Crippen molar-refractivity contribution < 1.29 is 13.2 Å². The van der Waals surface area contributed by atoms with Crippen molar-refractivity contribution in [3.63, 3.8) is 0 Å². The van der Waals surface area contributed by atoms with E-state index >= 15 is 0 Å². The van der Waals surface area contributed by atoms with Crippen LogP contribution in [0.25, 0.3) is 21.1 Å². The summed E-state index contributed by atoms with van der Waals surface area (Å²) in [6, 6.07) is 6.01. The Morgan fingerprint density at radius 3 is 2.67 bits per heavy atom. The highest BCUT2D eigenvalue weighted by molar-refractivity contribution is 7.18. The quantitative estimate of drug-likeness (QED) is 0.403. The van der Waals surface area contributed by atoms with Gasteiger partial charge < -0.3 is 4.90 Å². The van der Waals surface area contributed by atoms with E-state index in [1.165, 1.54) is 28.6 Å². The molecular weight excluding hydrogens is 483 g/mol. The highest BCUT2D eigenvalue weighted by Gasteiger charge is 2.45. The number of piperidine rings is 1. The van der Waals surface area contributed by atoms with Crippen molar-refractivity contribution in [1.29, 1.82) is 0 Å². The first-order valence-corrected chi connectivity index (χ1v) is 13.0. The van der Waals surface area contributed by atoms with E-state index < -0.39 is 12.6 Å². The third-order valence-corrected chi connectivity index (χ3v) is 8.98. The molecule has 9 heteroatoms. The number of allylic oxidation sites excluding steroid dienone is 1. The third kappa shape index (κ3) is 4.27. The number of aromatic nitrogens is 2. The summed E-state index contributed by atoms with van der Waals surface area (Å²) in [5.41, 5.74) is 6.17. The molecule has 2 aromatic heterocycles. The van der Waals surface area contributed by atoms with Crippen LogP contribution in [0.2, 0.25) is 0 Å². The summed E-state index contributed by atoms with van der Waals surface area (Å²) in [5.74, 6) is 0.762. The van der Waals surface area contributed by atoms with E-state index in [9.17, 15) is 13.2 Å². The van der Waals surface area contributed by atoms with Gasteiger partial charge in [-0.2, -0.15) is 13.2 Å². The van der Waals surface area contributed by atoms with Crippen LogP contribution in [0.1, 0.15) is 40.0 Å². The monoisotopic (exact) mass is 509 g/mol. The second-order valence-corrected chi connectivity index (χ2v) is 11.5. The average molecular weight is 510 g/mol. The summed E-state index contributed by atoms with van der Waals surface area (Å²) < 4.78 is 38.6. The molecule has 36 heavy (non-hydrogen) atoms. The number of likely N-dealkylation sites (tertiary alicyclic amines) is 1. The number of hydrogen-bond acceptors (Lipinski definition) is 5. The average Bonchev–Trinajstić information content (AvgIpc) is 3.42. The van der Waals surface area contributed by atoms with Gasteiger partial charge in [-0.1, -0.05) is 18.2 Å². The summed E-state index contributed by atoms with van der Waals surface area (Å²) in [4.78, 5) is 17.9. The van der Waals surface area contributed by atoms with Crippen molar-refractivity contribution in [1.82, 2.24) is 14.9 Å². The van der Waals surface area contributed by atoms with Crippen LogP contribution in [-0.4, -0.2) is 47.2 Å². The Morgan fingerprint density at radius 1 is 1.17 bits per heavy atom. The minimum Gasteiger partial charge on any atom is -0.355 e. The lowest BCUT2D eigenvalue weighted by molar-refractivity contribution is -0.126. The van der Waals surface area contributed by atoms with Crippen molar-refractivity contribution in [3.05, 3.63) is 68.8 Å². The highest BCUT2D eigenvalue weighted by atomic mass is 32.1. The first-order chi connectivity index (χ1) is 17.2. The minimum atomic E-state index is -4.22. The zero-order valence-electron chi connectivity index (χ0n) is 20.0. The lowest BCUT2D eigenvalue weighted by Gasteiger charge is -2.54. The van der Waals surface area contributed by atoms with Crippen LogP contribution >= 0.6 is 11.3 Å². The van der Waals surface area contributed by atoms with Gasteiger partial charge >= 0.3 is 6.18 Å². The summed E-state index contributed by atoms with van der Waals surface area (Å²) in [7, 11) is 0. The summed E-state index contributed by atoms with van der Waals surface area (Å²) in [6.45, 7) is 14.2. The zero-order chi connectivity index (χ0) is 25.1. The Hall–Kier alpha value is -2.96. The largest absolute Gasteiger partial charge is 0.393 e. The number of hydrogen-bond donors (Lipinski definition) is 0. The second-order valence-electron chi connectivity index (χ2n) is 10.4. The first kappa shape index (κ1) is 23.4. The SMILES string of the molecule is [C-]#[N+]C1=Cc2c(ccc(CN3CCC4(CC3)CN(c3ncnc5sc(CC(F)(F)F)cc35)C4)c2C)C1. The molecule has 0 unspecified atom stereocenters. The van der Waals surface area contributed by atoms with Crippen LogP contribution in [0.15, 0.2) is 30.2 Å². The number of benzene rings is 1. The maximum absolute atomic E-state index is 12.9. The van der Waals surface area contributed by atoms with Gasteiger partial charge in [-0.05, 0) is 61.2 Å². The van der Waals surface area contributed by atoms with Crippen molar-refractivity contribution >= 4 is 33.4 Å². The van der Waals surface area contributed by atoms with E-state index in [0.29, 0.717) is 4.83 Å². The molecule has 0 bridgehead atoms. The van der Waals surface area contributed by atoms with Gasteiger partial charge in [-0.15, -0.1) is 11.3 Å². The number of anilines is 1. The molecular formula is C27H26F3N5S. The van der Waals surface area contributed by atoms with E-state index in [1.54, 1.807) is 6.07 Å². The minimum absolute atomic E-state index is 0.249. The molecule has 4 heterocycles. The Morgan fingerprint density at radius 2 is 1.94 bits per heavy atom. The lowest BCUT2D eigenvalue weighted by atomic mass is 9.72. The van der Waals surface area contributed by atoms with Crippen molar-refractivity contribution in [3.8, 4) is 0 Å². The molecule has 3 aromatic rings. The van der Waals surface area contributed by atoms with Gasteiger partial charge in [-0.25, -0.2) is 14.8 Å². The molecule has 1 aliphatic carbocycles. The van der Waals surface area contributed by atoms with Gasteiger partial charge in [0.2, 0.25) is 0 Å². The van der Waals surface area contributed by atoms with E-state index in [4.69, 9.17) is 6.57 Å². The molecule has 2 fully saturated rings. The molecule has 0 N–H and O–H groups in total. The maximum atomic E-state index is 12.9. The number of fused-ring (bicyclic) bond motifs is 2. The summed E-state index contributed by atoms with van der Waals surface area (Å²) in [5, 5.41) is 0.733. The fourth-order valence-electron chi connectivity index (χ4n) is 5.93. The van der Waals surface area contributed by atoms with Crippen LogP contribution in [0, 0.1) is 18.9 Å². The predicted octanol–water partition coefficient (Wildman–Crippen LogP) is 6.02. The molecule has 186 valence electrons. The molecule has 2 saturated heterocycles. The van der Waals surface area contributed by atoms with E-state index in [1.807, 2.05) is 6.08 Å². The Labute approximate surface area is 212 Å². The molecule has 0 saturated carbocycles. The van der Waals surface area contributed by atoms with Gasteiger partial charge in [0.05, 0.1) is 18.4 Å². The van der Waals surface area contributed by atoms with Gasteiger partial charge in [-0.3, -0.25) is 4.90 Å². The van der Waals surface area contributed by atoms with Crippen LogP contribution < -0.4 is 4.90 Å². The van der Waals surface area contributed by atoms with Gasteiger partial charge in [0.15, 0.2) is 5.70 Å². The van der Waals surface area contributed by atoms with Crippen molar-refractivity contribution in [2.45, 2.75) is 45.3 Å². The number of rotatable bonds is 4. The fourth-order valence-corrected chi connectivity index (χ4v) is 6.95. The molecule has 5 nitrogen and oxygen atoms in total. The molecule has 3 aliphatic rings. The summed E-state index contributed by atoms with van der Waals surface area (Å²) in [6.07, 6.45) is 1.32. The topological polar surface area (TPSA) is 36.6 Å². The number of halogens is 3. The third-order valence-electron chi connectivity index (χ3n) is 7.94. The molecule has 2 aliphatic heterocycles. The first-order valence-electron chi connectivity index (χ1n) is 12.2. The van der Waals surface area contributed by atoms with Gasteiger partial charge in [0.1, 0.15) is 17.0 Å². The van der Waals surface area contributed by atoms with Gasteiger partial charge in [0.25, 0.3) is 0 Å². The Balaban J connectivity index is 1.09. The maximum Gasteiger partial charge on any atom is 0.393 e. The fraction of sp³-hybridized carbons (Fsp3) is 0.444. The standard InChI is InChI=1S/C27H26F3N5S/c1-17-19(4-3-18-9-20(31-2)10-22(17)18)13-34-7-5-26(6-8-34)14-35(15-26)24-23-11-21(12-27(28,29)30)36-25(23)33-16-32-24/h3-4,10-11,16H,5-9,12-15H2,1H3. The Bertz CT molecular complexity index is 1400. The van der Waals surface area contributed by atoms with Crippen molar-refractivity contribution in [2.24, 2.45) is 5.41 Å². The molecule has 0 atom stereocenters. The predicted molar refractivity (Wildman–Crippen MR) is 136 cm³/mol. The normalized spacial score (nSPS) is 19.3. The van der Waals surface area contributed by atoms with Crippen LogP contribution in [0.4, 0.5) is 19.0 Å². The van der Waals surface area contributed by atoms with Crippen LogP contribution in [0.3, 0.4) is 0 Å². The molecule has 1 spiro atoms. The smallest absolute Gasteiger partial charge is 0.355 e. The van der Waals surface area contributed by atoms with E-state index in [2.05, 4.69) is 43.7 Å². The van der Waals surface area contributed by atoms with Crippen LogP contribution in [-0.2, 0) is 19.4 Å². The summed E-state index contributed by atoms with van der Waals surface area (Å²) >= 11 is 1.11. The van der Waals surface area contributed by atoms with E-state index in [0.717, 1.165) is 80.2 Å². The van der Waals surface area contributed by atoms with Crippen molar-refractivity contribution in [2.75, 3.05) is 31.1 Å².